The first kappa shape index (κ1) is 12.0. The average molecular weight is 232 g/mol. The summed E-state index contributed by atoms with van der Waals surface area (Å²) in [6.45, 7) is 5.77. The fraction of sp³-hybridized carbons (Fsp3) is 0.500. The molecule has 1 aliphatic rings. The molecule has 1 saturated carbocycles. The highest BCUT2D eigenvalue weighted by Crippen LogP contribution is 2.34. The molecule has 1 atom stereocenters. The summed E-state index contributed by atoms with van der Waals surface area (Å²) in [6.07, 6.45) is 2.69. The standard InChI is InChI=1S/C14H20N2O/c1-9-8-13(15-10(2)12-4-5-12)6-7-14(9)16-11(3)17/h6-8,10,12,15H,4-5H2,1-3H3,(H,16,17). The minimum atomic E-state index is -0.0276. The smallest absolute Gasteiger partial charge is 0.221 e. The number of anilines is 2. The molecule has 1 amide bonds. The maximum absolute atomic E-state index is 11.0. The predicted molar refractivity (Wildman–Crippen MR) is 71.3 cm³/mol. The van der Waals surface area contributed by atoms with Gasteiger partial charge < -0.3 is 10.6 Å². The Morgan fingerprint density at radius 1 is 1.41 bits per heavy atom. The molecule has 3 heteroatoms. The van der Waals surface area contributed by atoms with Gasteiger partial charge in [-0.2, -0.15) is 0 Å². The Kier molecular flexibility index (Phi) is 3.36. The summed E-state index contributed by atoms with van der Waals surface area (Å²) in [4.78, 5) is 11.0. The van der Waals surface area contributed by atoms with E-state index in [-0.39, 0.29) is 5.91 Å². The molecule has 92 valence electrons. The predicted octanol–water partition coefficient (Wildman–Crippen LogP) is 3.16. The highest BCUT2D eigenvalue weighted by molar-refractivity contribution is 5.89. The van der Waals surface area contributed by atoms with E-state index >= 15 is 0 Å². The summed E-state index contributed by atoms with van der Waals surface area (Å²) in [6, 6.07) is 6.61. The van der Waals surface area contributed by atoms with Crippen LogP contribution in [0.5, 0.6) is 0 Å². The Labute approximate surface area is 103 Å². The third kappa shape index (κ3) is 3.22. The second kappa shape index (κ2) is 4.78. The van der Waals surface area contributed by atoms with Crippen LogP contribution in [0.2, 0.25) is 0 Å². The number of hydrogen-bond donors (Lipinski definition) is 2. The maximum atomic E-state index is 11.0. The molecule has 2 N–H and O–H groups in total. The minimum absolute atomic E-state index is 0.0276. The Balaban J connectivity index is 2.04. The van der Waals surface area contributed by atoms with Gasteiger partial charge in [0.05, 0.1) is 0 Å². The molecule has 3 nitrogen and oxygen atoms in total. The van der Waals surface area contributed by atoms with E-state index in [2.05, 4.69) is 23.6 Å². The molecule has 0 aliphatic heterocycles. The van der Waals surface area contributed by atoms with Crippen LogP contribution in [0.4, 0.5) is 11.4 Å². The summed E-state index contributed by atoms with van der Waals surface area (Å²) in [5, 5.41) is 6.33. The summed E-state index contributed by atoms with van der Waals surface area (Å²) < 4.78 is 0. The molecular weight excluding hydrogens is 212 g/mol. The van der Waals surface area contributed by atoms with Crippen molar-refractivity contribution in [2.45, 2.75) is 39.7 Å². The molecule has 0 saturated heterocycles. The normalized spacial score (nSPS) is 16.4. The number of benzene rings is 1. The molecule has 1 unspecified atom stereocenters. The fourth-order valence-electron chi connectivity index (χ4n) is 2.06. The summed E-state index contributed by atoms with van der Waals surface area (Å²) in [5.41, 5.74) is 3.12. The van der Waals surface area contributed by atoms with Gasteiger partial charge in [-0.25, -0.2) is 0 Å². The highest BCUT2D eigenvalue weighted by atomic mass is 16.1. The van der Waals surface area contributed by atoms with Crippen LogP contribution in [0.15, 0.2) is 18.2 Å². The van der Waals surface area contributed by atoms with Gasteiger partial charge in [0.25, 0.3) is 0 Å². The summed E-state index contributed by atoms with van der Waals surface area (Å²) in [7, 11) is 0. The van der Waals surface area contributed by atoms with Crippen molar-refractivity contribution in [3.05, 3.63) is 23.8 Å². The van der Waals surface area contributed by atoms with Gasteiger partial charge in [0.1, 0.15) is 0 Å². The second-order valence-corrected chi connectivity index (χ2v) is 4.98. The van der Waals surface area contributed by atoms with E-state index in [0.717, 1.165) is 22.9 Å². The van der Waals surface area contributed by atoms with E-state index in [1.54, 1.807) is 0 Å². The highest BCUT2D eigenvalue weighted by Gasteiger charge is 2.27. The zero-order chi connectivity index (χ0) is 12.4. The number of nitrogens with one attached hydrogen (secondary N) is 2. The number of carbonyl (C=O) groups is 1. The van der Waals surface area contributed by atoms with E-state index in [1.807, 2.05) is 19.1 Å². The lowest BCUT2D eigenvalue weighted by atomic mass is 10.1. The van der Waals surface area contributed by atoms with Crippen molar-refractivity contribution >= 4 is 17.3 Å². The monoisotopic (exact) mass is 232 g/mol. The molecule has 1 aromatic carbocycles. The van der Waals surface area contributed by atoms with Gasteiger partial charge in [0.15, 0.2) is 0 Å². The summed E-state index contributed by atoms with van der Waals surface area (Å²) >= 11 is 0. The molecule has 0 radical (unpaired) electrons. The number of rotatable bonds is 4. The van der Waals surface area contributed by atoms with E-state index in [4.69, 9.17) is 0 Å². The molecule has 17 heavy (non-hydrogen) atoms. The van der Waals surface area contributed by atoms with Crippen molar-refractivity contribution in [1.29, 1.82) is 0 Å². The lowest BCUT2D eigenvalue weighted by Crippen LogP contribution is -2.17. The average Bonchev–Trinajstić information content (AvgIpc) is 3.05. The number of aryl methyl sites for hydroxylation is 1. The lowest BCUT2D eigenvalue weighted by Gasteiger charge is -2.16. The zero-order valence-electron chi connectivity index (χ0n) is 10.7. The minimum Gasteiger partial charge on any atom is -0.382 e. The van der Waals surface area contributed by atoms with Gasteiger partial charge in [0.2, 0.25) is 5.91 Å². The van der Waals surface area contributed by atoms with Crippen molar-refractivity contribution in [2.75, 3.05) is 10.6 Å². The first-order chi connectivity index (χ1) is 8.06. The Hall–Kier alpha value is -1.51. The van der Waals surface area contributed by atoms with Crippen molar-refractivity contribution < 1.29 is 4.79 Å². The number of amides is 1. The fourth-order valence-corrected chi connectivity index (χ4v) is 2.06. The van der Waals surface area contributed by atoms with Crippen LogP contribution in [0.1, 0.15) is 32.3 Å². The third-order valence-corrected chi connectivity index (χ3v) is 3.26. The molecule has 0 bridgehead atoms. The van der Waals surface area contributed by atoms with Crippen molar-refractivity contribution in [1.82, 2.24) is 0 Å². The van der Waals surface area contributed by atoms with Gasteiger partial charge in [-0.05, 0) is 56.4 Å². The Morgan fingerprint density at radius 2 is 2.12 bits per heavy atom. The molecule has 0 aromatic heterocycles. The lowest BCUT2D eigenvalue weighted by molar-refractivity contribution is -0.114. The maximum Gasteiger partial charge on any atom is 0.221 e. The molecule has 1 aromatic rings. The van der Waals surface area contributed by atoms with E-state index in [1.165, 1.54) is 19.8 Å². The quantitative estimate of drug-likeness (QED) is 0.837. The second-order valence-electron chi connectivity index (χ2n) is 4.98. The van der Waals surface area contributed by atoms with Crippen LogP contribution < -0.4 is 10.6 Å². The van der Waals surface area contributed by atoms with E-state index < -0.39 is 0 Å². The first-order valence-electron chi connectivity index (χ1n) is 6.21. The molecule has 2 rings (SSSR count). The van der Waals surface area contributed by atoms with Gasteiger partial charge in [-0.3, -0.25) is 4.79 Å². The van der Waals surface area contributed by atoms with Gasteiger partial charge in [-0.15, -0.1) is 0 Å². The number of hydrogen-bond acceptors (Lipinski definition) is 2. The first-order valence-corrected chi connectivity index (χ1v) is 6.21. The SMILES string of the molecule is CC(=O)Nc1ccc(NC(C)C2CC2)cc1C. The molecule has 1 fully saturated rings. The van der Waals surface area contributed by atoms with Crippen LogP contribution in [-0.4, -0.2) is 11.9 Å². The van der Waals surface area contributed by atoms with Gasteiger partial charge in [-0.1, -0.05) is 0 Å². The van der Waals surface area contributed by atoms with Gasteiger partial charge in [0, 0.05) is 24.3 Å². The van der Waals surface area contributed by atoms with Crippen LogP contribution in [0.25, 0.3) is 0 Å². The third-order valence-electron chi connectivity index (χ3n) is 3.26. The van der Waals surface area contributed by atoms with Crippen molar-refractivity contribution in [3.8, 4) is 0 Å². The van der Waals surface area contributed by atoms with Crippen LogP contribution in [0, 0.1) is 12.8 Å². The van der Waals surface area contributed by atoms with Crippen LogP contribution in [-0.2, 0) is 4.79 Å². The molecule has 0 heterocycles. The van der Waals surface area contributed by atoms with Gasteiger partial charge >= 0.3 is 0 Å². The van der Waals surface area contributed by atoms with E-state index in [9.17, 15) is 4.79 Å². The molecule has 0 spiro atoms. The summed E-state index contributed by atoms with van der Waals surface area (Å²) in [5.74, 6) is 0.811. The Morgan fingerprint density at radius 3 is 2.65 bits per heavy atom. The zero-order valence-corrected chi connectivity index (χ0v) is 10.7. The van der Waals surface area contributed by atoms with Crippen LogP contribution in [0.3, 0.4) is 0 Å². The largest absolute Gasteiger partial charge is 0.382 e. The Bertz CT molecular complexity index is 424. The van der Waals surface area contributed by atoms with Crippen LogP contribution >= 0.6 is 0 Å². The number of carbonyl (C=O) groups excluding carboxylic acids is 1. The molecular formula is C14H20N2O. The molecule has 1 aliphatic carbocycles. The van der Waals surface area contributed by atoms with Crippen molar-refractivity contribution in [3.63, 3.8) is 0 Å². The topological polar surface area (TPSA) is 41.1 Å². The van der Waals surface area contributed by atoms with E-state index in [0.29, 0.717) is 6.04 Å². The van der Waals surface area contributed by atoms with Crippen molar-refractivity contribution in [2.24, 2.45) is 5.92 Å².